The van der Waals surface area contributed by atoms with Crippen LogP contribution < -0.4 is 5.32 Å². The Bertz CT molecular complexity index is 477. The molecule has 0 aromatic heterocycles. The Balaban J connectivity index is 2.75. The molecule has 1 aromatic rings. The third kappa shape index (κ3) is 4.87. The first-order valence-electron chi connectivity index (χ1n) is 6.47. The SMILES string of the molecule is CCC(NC(=O)OC(C)(C)C)c1ccc([N+](=O)[O-])cc1. The first kappa shape index (κ1) is 15.9. The molecule has 110 valence electrons. The van der Waals surface area contributed by atoms with Gasteiger partial charge >= 0.3 is 6.09 Å². The molecule has 1 atom stereocenters. The summed E-state index contributed by atoms with van der Waals surface area (Å²) in [5.74, 6) is 0. The average Bonchev–Trinajstić information content (AvgIpc) is 2.34. The van der Waals surface area contributed by atoms with Crippen molar-refractivity contribution in [3.8, 4) is 0 Å². The Morgan fingerprint density at radius 1 is 1.35 bits per heavy atom. The largest absolute Gasteiger partial charge is 0.444 e. The standard InChI is InChI=1S/C14H20N2O4/c1-5-12(15-13(17)20-14(2,3)4)10-6-8-11(9-7-10)16(18)19/h6-9,12H,5H2,1-4H3,(H,15,17). The summed E-state index contributed by atoms with van der Waals surface area (Å²) in [5.41, 5.74) is 0.280. The zero-order chi connectivity index (χ0) is 15.3. The van der Waals surface area contributed by atoms with Gasteiger partial charge in [0.1, 0.15) is 5.60 Å². The van der Waals surface area contributed by atoms with Crippen molar-refractivity contribution in [1.29, 1.82) is 0 Å². The number of alkyl carbamates (subject to hydrolysis) is 1. The first-order chi connectivity index (χ1) is 9.23. The minimum Gasteiger partial charge on any atom is -0.444 e. The summed E-state index contributed by atoms with van der Waals surface area (Å²) < 4.78 is 5.20. The van der Waals surface area contributed by atoms with E-state index in [9.17, 15) is 14.9 Å². The molecule has 20 heavy (non-hydrogen) atoms. The Labute approximate surface area is 118 Å². The van der Waals surface area contributed by atoms with Crippen molar-refractivity contribution in [3.05, 3.63) is 39.9 Å². The second kappa shape index (κ2) is 6.36. The predicted molar refractivity (Wildman–Crippen MR) is 75.5 cm³/mol. The van der Waals surface area contributed by atoms with E-state index in [1.165, 1.54) is 12.1 Å². The van der Waals surface area contributed by atoms with E-state index in [0.717, 1.165) is 5.56 Å². The monoisotopic (exact) mass is 280 g/mol. The lowest BCUT2D eigenvalue weighted by atomic mass is 10.0. The van der Waals surface area contributed by atoms with Crippen LogP contribution in [0.2, 0.25) is 0 Å². The molecule has 1 amide bonds. The molecule has 1 rings (SSSR count). The summed E-state index contributed by atoms with van der Waals surface area (Å²) in [7, 11) is 0. The van der Waals surface area contributed by atoms with Gasteiger partial charge in [-0.2, -0.15) is 0 Å². The summed E-state index contributed by atoms with van der Waals surface area (Å²) in [6.45, 7) is 7.29. The van der Waals surface area contributed by atoms with E-state index in [2.05, 4.69) is 5.32 Å². The normalized spacial score (nSPS) is 12.6. The van der Waals surface area contributed by atoms with E-state index in [0.29, 0.717) is 6.42 Å². The van der Waals surface area contributed by atoms with Gasteiger partial charge in [0.15, 0.2) is 0 Å². The van der Waals surface area contributed by atoms with Crippen LogP contribution in [0.4, 0.5) is 10.5 Å². The van der Waals surface area contributed by atoms with Crippen LogP contribution in [0.5, 0.6) is 0 Å². The number of carbonyl (C=O) groups is 1. The fourth-order valence-electron chi connectivity index (χ4n) is 1.70. The van der Waals surface area contributed by atoms with Crippen LogP contribution in [0, 0.1) is 10.1 Å². The minimum absolute atomic E-state index is 0.0286. The fourth-order valence-corrected chi connectivity index (χ4v) is 1.70. The van der Waals surface area contributed by atoms with Crippen LogP contribution in [-0.4, -0.2) is 16.6 Å². The fraction of sp³-hybridized carbons (Fsp3) is 0.500. The molecular weight excluding hydrogens is 260 g/mol. The van der Waals surface area contributed by atoms with Gasteiger partial charge in [0.05, 0.1) is 11.0 Å². The van der Waals surface area contributed by atoms with Crippen LogP contribution in [0.3, 0.4) is 0 Å². The zero-order valence-electron chi connectivity index (χ0n) is 12.2. The highest BCUT2D eigenvalue weighted by molar-refractivity contribution is 5.68. The lowest BCUT2D eigenvalue weighted by molar-refractivity contribution is -0.384. The molecule has 6 heteroatoms. The summed E-state index contributed by atoms with van der Waals surface area (Å²) in [6, 6.07) is 5.90. The van der Waals surface area contributed by atoms with Crippen molar-refractivity contribution in [1.82, 2.24) is 5.32 Å². The molecular formula is C14H20N2O4. The molecule has 0 aliphatic carbocycles. The van der Waals surface area contributed by atoms with E-state index in [1.807, 2.05) is 6.92 Å². The van der Waals surface area contributed by atoms with Crippen molar-refractivity contribution in [3.63, 3.8) is 0 Å². The second-order valence-electron chi connectivity index (χ2n) is 5.46. The van der Waals surface area contributed by atoms with Crippen LogP contribution >= 0.6 is 0 Å². The van der Waals surface area contributed by atoms with Gasteiger partial charge in [0.25, 0.3) is 5.69 Å². The van der Waals surface area contributed by atoms with Gasteiger partial charge in [-0.3, -0.25) is 10.1 Å². The summed E-state index contributed by atoms with van der Waals surface area (Å²) in [4.78, 5) is 21.9. The van der Waals surface area contributed by atoms with Gasteiger partial charge in [-0.05, 0) is 32.8 Å². The number of nitrogens with one attached hydrogen (secondary N) is 1. The molecule has 0 fully saturated rings. The number of rotatable bonds is 4. The molecule has 0 bridgehead atoms. The maximum Gasteiger partial charge on any atom is 0.408 e. The molecule has 1 aromatic carbocycles. The molecule has 0 aliphatic rings. The molecule has 0 saturated heterocycles. The van der Waals surface area contributed by atoms with Crippen molar-refractivity contribution >= 4 is 11.8 Å². The quantitative estimate of drug-likeness (QED) is 0.675. The maximum atomic E-state index is 11.7. The predicted octanol–water partition coefficient (Wildman–Crippen LogP) is 3.57. The van der Waals surface area contributed by atoms with Gasteiger partial charge in [-0.25, -0.2) is 4.79 Å². The summed E-state index contributed by atoms with van der Waals surface area (Å²) in [5, 5.41) is 13.4. The maximum absolute atomic E-state index is 11.7. The number of benzene rings is 1. The molecule has 6 nitrogen and oxygen atoms in total. The highest BCUT2D eigenvalue weighted by Gasteiger charge is 2.20. The van der Waals surface area contributed by atoms with E-state index in [1.54, 1.807) is 32.9 Å². The van der Waals surface area contributed by atoms with Crippen molar-refractivity contribution in [2.24, 2.45) is 0 Å². The Morgan fingerprint density at radius 3 is 2.30 bits per heavy atom. The van der Waals surface area contributed by atoms with E-state index >= 15 is 0 Å². The van der Waals surface area contributed by atoms with Gasteiger partial charge < -0.3 is 10.1 Å². The van der Waals surface area contributed by atoms with Crippen LogP contribution in [0.1, 0.15) is 45.7 Å². The molecule has 1 unspecified atom stereocenters. The minimum atomic E-state index is -0.558. The highest BCUT2D eigenvalue weighted by Crippen LogP contribution is 2.20. The van der Waals surface area contributed by atoms with Gasteiger partial charge in [0, 0.05) is 12.1 Å². The summed E-state index contributed by atoms with van der Waals surface area (Å²) >= 11 is 0. The summed E-state index contributed by atoms with van der Waals surface area (Å²) in [6.07, 6.45) is 0.166. The number of nitro benzene ring substituents is 1. The highest BCUT2D eigenvalue weighted by atomic mass is 16.6. The van der Waals surface area contributed by atoms with Crippen LogP contribution in [0.15, 0.2) is 24.3 Å². The average molecular weight is 280 g/mol. The van der Waals surface area contributed by atoms with Gasteiger partial charge in [-0.1, -0.05) is 19.1 Å². The number of ether oxygens (including phenoxy) is 1. The third-order valence-corrected chi connectivity index (χ3v) is 2.61. The molecule has 0 spiro atoms. The van der Waals surface area contributed by atoms with Gasteiger partial charge in [0.2, 0.25) is 0 Å². The molecule has 1 N–H and O–H groups in total. The lowest BCUT2D eigenvalue weighted by Crippen LogP contribution is -2.34. The van der Waals surface area contributed by atoms with Gasteiger partial charge in [-0.15, -0.1) is 0 Å². The van der Waals surface area contributed by atoms with E-state index in [4.69, 9.17) is 4.74 Å². The number of non-ortho nitro benzene ring substituents is 1. The number of nitro groups is 1. The third-order valence-electron chi connectivity index (χ3n) is 2.61. The second-order valence-corrected chi connectivity index (χ2v) is 5.46. The van der Waals surface area contributed by atoms with Crippen LogP contribution in [-0.2, 0) is 4.74 Å². The number of nitrogens with zero attached hydrogens (tertiary/aromatic N) is 1. The molecule has 0 aliphatic heterocycles. The number of amides is 1. The first-order valence-corrected chi connectivity index (χ1v) is 6.47. The molecule has 0 saturated carbocycles. The Morgan fingerprint density at radius 2 is 1.90 bits per heavy atom. The number of carbonyl (C=O) groups excluding carboxylic acids is 1. The van der Waals surface area contributed by atoms with Crippen LogP contribution in [0.25, 0.3) is 0 Å². The van der Waals surface area contributed by atoms with Crippen molar-refractivity contribution in [2.45, 2.75) is 45.8 Å². The number of hydrogen-bond acceptors (Lipinski definition) is 4. The molecule has 0 radical (unpaired) electrons. The number of hydrogen-bond donors (Lipinski definition) is 1. The molecule has 0 heterocycles. The van der Waals surface area contributed by atoms with Crippen molar-refractivity contribution < 1.29 is 14.5 Å². The topological polar surface area (TPSA) is 81.5 Å². The zero-order valence-corrected chi connectivity index (χ0v) is 12.2. The van der Waals surface area contributed by atoms with Crippen molar-refractivity contribution in [2.75, 3.05) is 0 Å². The van der Waals surface area contributed by atoms with E-state index in [-0.39, 0.29) is 11.7 Å². The lowest BCUT2D eigenvalue weighted by Gasteiger charge is -2.23. The Kier molecular flexibility index (Phi) is 5.07. The smallest absolute Gasteiger partial charge is 0.408 e. The Hall–Kier alpha value is -2.11. The van der Waals surface area contributed by atoms with E-state index < -0.39 is 16.6 Å².